The van der Waals surface area contributed by atoms with Crippen molar-refractivity contribution in [1.82, 2.24) is 15.0 Å². The van der Waals surface area contributed by atoms with Gasteiger partial charge in [-0.05, 0) is 70.8 Å². The molecule has 4 nitrogen and oxygen atoms in total. The summed E-state index contributed by atoms with van der Waals surface area (Å²) in [6.07, 6.45) is 3.68. The van der Waals surface area contributed by atoms with Gasteiger partial charge in [0.1, 0.15) is 11.2 Å². The minimum atomic E-state index is 0.671. The van der Waals surface area contributed by atoms with Gasteiger partial charge in [0.25, 0.3) is 0 Å². The molecule has 0 spiro atoms. The van der Waals surface area contributed by atoms with Crippen LogP contribution < -0.4 is 0 Å². The van der Waals surface area contributed by atoms with Crippen LogP contribution in [0.1, 0.15) is 0 Å². The van der Waals surface area contributed by atoms with E-state index in [4.69, 9.17) is 14.4 Å². The molecule has 0 aliphatic heterocycles. The summed E-state index contributed by atoms with van der Waals surface area (Å²) in [7, 11) is 0. The molecular weight excluding hydrogens is 606 g/mol. The van der Waals surface area contributed by atoms with Crippen LogP contribution in [0.2, 0.25) is 0 Å². The molecule has 44 heavy (non-hydrogen) atoms. The van der Waals surface area contributed by atoms with Crippen LogP contribution in [0.25, 0.3) is 78.1 Å². The lowest BCUT2D eigenvalue weighted by Crippen LogP contribution is -1.96. The van der Waals surface area contributed by atoms with Gasteiger partial charge in [-0.3, -0.25) is 4.98 Å². The van der Waals surface area contributed by atoms with Crippen molar-refractivity contribution in [3.63, 3.8) is 0 Å². The molecule has 0 aliphatic rings. The van der Waals surface area contributed by atoms with E-state index in [1.54, 1.807) is 6.20 Å². The van der Waals surface area contributed by atoms with Crippen molar-refractivity contribution < 1.29 is 4.42 Å². The first-order valence-corrected chi connectivity index (χ1v) is 15.2. The first-order chi connectivity index (χ1) is 21.7. The number of halogens is 1. The Balaban J connectivity index is 1.24. The number of rotatable bonds is 5. The van der Waals surface area contributed by atoms with Crippen molar-refractivity contribution in [2.45, 2.75) is 0 Å². The second kappa shape index (κ2) is 11.0. The molecule has 0 saturated heterocycles. The van der Waals surface area contributed by atoms with Crippen LogP contribution in [-0.4, -0.2) is 15.0 Å². The summed E-state index contributed by atoms with van der Waals surface area (Å²) >= 11 is 3.77. The minimum Gasteiger partial charge on any atom is -0.456 e. The Kier molecular flexibility index (Phi) is 6.58. The molecule has 0 unspecified atom stereocenters. The normalized spacial score (nSPS) is 11.3. The first-order valence-electron chi connectivity index (χ1n) is 14.4. The Bertz CT molecular complexity index is 2280. The van der Waals surface area contributed by atoms with E-state index >= 15 is 0 Å². The third kappa shape index (κ3) is 4.97. The van der Waals surface area contributed by atoms with E-state index in [0.717, 1.165) is 76.7 Å². The molecule has 8 rings (SSSR count). The molecule has 0 atom stereocenters. The highest BCUT2D eigenvalue weighted by Gasteiger charge is 2.14. The van der Waals surface area contributed by atoms with Crippen LogP contribution in [0.3, 0.4) is 0 Å². The molecule has 3 heterocycles. The van der Waals surface area contributed by atoms with Gasteiger partial charge in [0.2, 0.25) is 0 Å². The molecule has 5 heteroatoms. The van der Waals surface area contributed by atoms with Crippen LogP contribution in [0.4, 0.5) is 0 Å². The molecule has 0 bridgehead atoms. The van der Waals surface area contributed by atoms with Crippen molar-refractivity contribution in [2.24, 2.45) is 0 Å². The van der Waals surface area contributed by atoms with Crippen LogP contribution in [0.15, 0.2) is 155 Å². The van der Waals surface area contributed by atoms with Gasteiger partial charge in [0.05, 0.1) is 11.4 Å². The van der Waals surface area contributed by atoms with Crippen molar-refractivity contribution in [1.29, 1.82) is 0 Å². The van der Waals surface area contributed by atoms with E-state index in [1.165, 1.54) is 0 Å². The van der Waals surface area contributed by atoms with Crippen molar-refractivity contribution >= 4 is 37.9 Å². The molecular formula is C39H24BrN3O. The fraction of sp³-hybridized carbons (Fsp3) is 0. The zero-order valence-electron chi connectivity index (χ0n) is 23.5. The van der Waals surface area contributed by atoms with Crippen LogP contribution in [-0.2, 0) is 0 Å². The number of aromatic nitrogens is 3. The molecule has 5 aromatic carbocycles. The minimum absolute atomic E-state index is 0.671. The number of hydrogen-bond donors (Lipinski definition) is 0. The van der Waals surface area contributed by atoms with Gasteiger partial charge in [-0.1, -0.05) is 101 Å². The zero-order valence-corrected chi connectivity index (χ0v) is 25.1. The van der Waals surface area contributed by atoms with Gasteiger partial charge in [-0.25, -0.2) is 9.97 Å². The highest BCUT2D eigenvalue weighted by molar-refractivity contribution is 9.10. The average molecular weight is 631 g/mol. The predicted octanol–water partition coefficient (Wildman–Crippen LogP) is 10.9. The highest BCUT2D eigenvalue weighted by Crippen LogP contribution is 2.36. The third-order valence-corrected chi connectivity index (χ3v) is 8.30. The maximum atomic E-state index is 6.21. The topological polar surface area (TPSA) is 51.8 Å². The van der Waals surface area contributed by atoms with Gasteiger partial charge in [0, 0.05) is 44.3 Å². The summed E-state index contributed by atoms with van der Waals surface area (Å²) in [5.41, 5.74) is 10.8. The summed E-state index contributed by atoms with van der Waals surface area (Å²) in [4.78, 5) is 14.4. The van der Waals surface area contributed by atoms with Crippen molar-refractivity contribution in [2.75, 3.05) is 0 Å². The standard InChI is InChI=1S/C39H24BrN3O/c40-32-20-30(26-14-12-25(13-15-26)29-9-6-18-41-24-29)19-31(21-32)36-23-35(42-39(43-36)27-7-2-1-3-8-27)28-16-17-34-33-10-4-5-11-37(33)44-38(34)22-28/h1-24H. The summed E-state index contributed by atoms with van der Waals surface area (Å²) in [5.74, 6) is 0.671. The summed E-state index contributed by atoms with van der Waals surface area (Å²) in [5, 5.41) is 2.20. The van der Waals surface area contributed by atoms with Gasteiger partial charge in [-0.15, -0.1) is 0 Å². The van der Waals surface area contributed by atoms with Gasteiger partial charge >= 0.3 is 0 Å². The smallest absolute Gasteiger partial charge is 0.160 e. The largest absolute Gasteiger partial charge is 0.456 e. The molecule has 0 fully saturated rings. The second-order valence-electron chi connectivity index (χ2n) is 10.7. The summed E-state index contributed by atoms with van der Waals surface area (Å²) in [6.45, 7) is 0. The van der Waals surface area contributed by atoms with E-state index in [1.807, 2.05) is 60.8 Å². The zero-order chi connectivity index (χ0) is 29.5. The average Bonchev–Trinajstić information content (AvgIpc) is 3.47. The molecule has 0 N–H and O–H groups in total. The Morgan fingerprint density at radius 1 is 0.455 bits per heavy atom. The van der Waals surface area contributed by atoms with Crippen LogP contribution in [0.5, 0.6) is 0 Å². The molecule has 0 saturated carbocycles. The van der Waals surface area contributed by atoms with Crippen LogP contribution in [0, 0.1) is 0 Å². The summed E-state index contributed by atoms with van der Waals surface area (Å²) < 4.78 is 7.19. The Labute approximate surface area is 262 Å². The number of benzene rings is 5. The fourth-order valence-electron chi connectivity index (χ4n) is 5.64. The maximum absolute atomic E-state index is 6.21. The molecule has 0 aliphatic carbocycles. The van der Waals surface area contributed by atoms with Crippen molar-refractivity contribution in [3.05, 3.63) is 150 Å². The lowest BCUT2D eigenvalue weighted by atomic mass is 9.98. The predicted molar refractivity (Wildman–Crippen MR) is 182 cm³/mol. The molecule has 0 radical (unpaired) electrons. The molecule has 0 amide bonds. The number of nitrogens with zero attached hydrogens (tertiary/aromatic N) is 3. The van der Waals surface area contributed by atoms with Gasteiger partial charge in [0.15, 0.2) is 5.82 Å². The number of hydrogen-bond acceptors (Lipinski definition) is 4. The van der Waals surface area contributed by atoms with Gasteiger partial charge < -0.3 is 4.42 Å². The number of furan rings is 1. The second-order valence-corrected chi connectivity index (χ2v) is 11.6. The Hall–Kier alpha value is -5.39. The number of pyridine rings is 1. The van der Waals surface area contributed by atoms with Gasteiger partial charge in [-0.2, -0.15) is 0 Å². The maximum Gasteiger partial charge on any atom is 0.160 e. The SMILES string of the molecule is Brc1cc(-c2ccc(-c3cccnc3)cc2)cc(-c2cc(-c3ccc4c(c3)oc3ccccc34)nc(-c3ccccc3)n2)c1. The Morgan fingerprint density at radius 2 is 1.11 bits per heavy atom. The fourth-order valence-corrected chi connectivity index (χ4v) is 6.13. The summed E-state index contributed by atoms with van der Waals surface area (Å²) in [6, 6.07) is 45.6. The van der Waals surface area contributed by atoms with E-state index in [-0.39, 0.29) is 0 Å². The van der Waals surface area contributed by atoms with E-state index in [2.05, 4.69) is 99.8 Å². The lowest BCUT2D eigenvalue weighted by Gasteiger charge is -2.12. The van der Waals surface area contributed by atoms with E-state index in [0.29, 0.717) is 5.82 Å². The third-order valence-electron chi connectivity index (χ3n) is 7.84. The van der Waals surface area contributed by atoms with E-state index in [9.17, 15) is 0 Å². The van der Waals surface area contributed by atoms with E-state index < -0.39 is 0 Å². The monoisotopic (exact) mass is 629 g/mol. The first kappa shape index (κ1) is 26.3. The Morgan fingerprint density at radius 3 is 1.91 bits per heavy atom. The molecule has 8 aromatic rings. The quantitative estimate of drug-likeness (QED) is 0.190. The highest BCUT2D eigenvalue weighted by atomic mass is 79.9. The van der Waals surface area contributed by atoms with Crippen LogP contribution >= 0.6 is 15.9 Å². The molecule has 208 valence electrons. The van der Waals surface area contributed by atoms with Crippen molar-refractivity contribution in [3.8, 4) is 56.2 Å². The lowest BCUT2D eigenvalue weighted by molar-refractivity contribution is 0.669. The number of fused-ring (bicyclic) bond motifs is 3. The molecule has 3 aromatic heterocycles. The number of para-hydroxylation sites is 1.